The molecular weight excluding hydrogens is 196 g/mol. The Labute approximate surface area is 89.0 Å². The van der Waals surface area contributed by atoms with E-state index in [9.17, 15) is 14.4 Å². The van der Waals surface area contributed by atoms with Crippen LogP contribution in [0.2, 0.25) is 0 Å². The summed E-state index contributed by atoms with van der Waals surface area (Å²) >= 11 is 0. The average Bonchev–Trinajstić information content (AvgIpc) is 2.14. The van der Waals surface area contributed by atoms with Crippen LogP contribution in [0.3, 0.4) is 0 Å². The van der Waals surface area contributed by atoms with Crippen LogP contribution >= 0.6 is 0 Å². The molecule has 1 atom stereocenters. The van der Waals surface area contributed by atoms with Gasteiger partial charge in [-0.25, -0.2) is 0 Å². The first-order valence-corrected chi connectivity index (χ1v) is 4.97. The van der Waals surface area contributed by atoms with Crippen molar-refractivity contribution < 1.29 is 14.4 Å². The molecule has 0 saturated carbocycles. The standard InChI is InChI=1S/C10H16N2O3/c1-7(13)4-5-12-8(2)10(15)11(3)6-9(12)14/h8H,4-6H2,1-3H3. The van der Waals surface area contributed by atoms with Crippen molar-refractivity contribution in [2.75, 3.05) is 20.1 Å². The molecule has 1 heterocycles. The Hall–Kier alpha value is -1.39. The topological polar surface area (TPSA) is 57.7 Å². The summed E-state index contributed by atoms with van der Waals surface area (Å²) in [7, 11) is 1.61. The summed E-state index contributed by atoms with van der Waals surface area (Å²) in [6.45, 7) is 3.62. The predicted molar refractivity (Wildman–Crippen MR) is 54.1 cm³/mol. The molecule has 0 aliphatic carbocycles. The first kappa shape index (κ1) is 11.7. The Bertz CT molecular complexity index is 301. The highest BCUT2D eigenvalue weighted by molar-refractivity contribution is 5.94. The van der Waals surface area contributed by atoms with E-state index in [-0.39, 0.29) is 24.1 Å². The van der Waals surface area contributed by atoms with Crippen LogP contribution in [-0.4, -0.2) is 53.6 Å². The molecule has 1 aliphatic heterocycles. The van der Waals surface area contributed by atoms with Gasteiger partial charge in [-0.2, -0.15) is 0 Å². The molecule has 1 unspecified atom stereocenters. The van der Waals surface area contributed by atoms with E-state index < -0.39 is 6.04 Å². The second-order valence-electron chi connectivity index (χ2n) is 3.91. The number of Topliss-reactive ketones (excluding diaryl/α,β-unsaturated/α-hetero) is 1. The third kappa shape index (κ3) is 2.55. The lowest BCUT2D eigenvalue weighted by molar-refractivity contribution is -0.153. The SMILES string of the molecule is CC(=O)CCN1C(=O)CN(C)C(=O)C1C. The molecule has 2 amide bonds. The van der Waals surface area contributed by atoms with Gasteiger partial charge in [-0.05, 0) is 13.8 Å². The van der Waals surface area contributed by atoms with Gasteiger partial charge >= 0.3 is 0 Å². The van der Waals surface area contributed by atoms with E-state index in [1.54, 1.807) is 14.0 Å². The van der Waals surface area contributed by atoms with Crippen molar-refractivity contribution >= 4 is 17.6 Å². The van der Waals surface area contributed by atoms with Gasteiger partial charge in [-0.15, -0.1) is 0 Å². The van der Waals surface area contributed by atoms with Crippen molar-refractivity contribution in [2.45, 2.75) is 26.3 Å². The van der Waals surface area contributed by atoms with Crippen LogP contribution in [0.25, 0.3) is 0 Å². The second-order valence-corrected chi connectivity index (χ2v) is 3.91. The number of carbonyl (C=O) groups excluding carboxylic acids is 3. The predicted octanol–water partition coefficient (Wildman–Crippen LogP) is -0.345. The number of carbonyl (C=O) groups is 3. The lowest BCUT2D eigenvalue weighted by atomic mass is 10.1. The fourth-order valence-corrected chi connectivity index (χ4v) is 1.64. The summed E-state index contributed by atoms with van der Waals surface area (Å²) in [5, 5.41) is 0. The van der Waals surface area contributed by atoms with E-state index in [2.05, 4.69) is 0 Å². The number of hydrogen-bond donors (Lipinski definition) is 0. The number of nitrogens with zero attached hydrogens (tertiary/aromatic N) is 2. The minimum absolute atomic E-state index is 0.0291. The molecule has 15 heavy (non-hydrogen) atoms. The van der Waals surface area contributed by atoms with Gasteiger partial charge < -0.3 is 9.80 Å². The highest BCUT2D eigenvalue weighted by Crippen LogP contribution is 2.11. The van der Waals surface area contributed by atoms with Gasteiger partial charge in [-0.1, -0.05) is 0 Å². The monoisotopic (exact) mass is 212 g/mol. The van der Waals surface area contributed by atoms with E-state index >= 15 is 0 Å². The largest absolute Gasteiger partial charge is 0.335 e. The fourth-order valence-electron chi connectivity index (χ4n) is 1.64. The maximum atomic E-state index is 11.6. The summed E-state index contributed by atoms with van der Waals surface area (Å²) < 4.78 is 0. The average molecular weight is 212 g/mol. The summed E-state index contributed by atoms with van der Waals surface area (Å²) in [6.07, 6.45) is 0.313. The lowest BCUT2D eigenvalue weighted by Gasteiger charge is -2.36. The highest BCUT2D eigenvalue weighted by Gasteiger charge is 2.34. The molecular formula is C10H16N2O3. The minimum Gasteiger partial charge on any atom is -0.335 e. The van der Waals surface area contributed by atoms with Crippen LogP contribution in [0.15, 0.2) is 0 Å². The molecule has 0 aromatic rings. The second kappa shape index (κ2) is 4.42. The summed E-state index contributed by atoms with van der Waals surface area (Å²) in [4.78, 5) is 36.9. The van der Waals surface area contributed by atoms with E-state index in [0.29, 0.717) is 13.0 Å². The number of hydrogen-bond acceptors (Lipinski definition) is 3. The Morgan fingerprint density at radius 1 is 1.47 bits per heavy atom. The zero-order valence-corrected chi connectivity index (χ0v) is 9.32. The van der Waals surface area contributed by atoms with Crippen LogP contribution in [0.4, 0.5) is 0 Å². The van der Waals surface area contributed by atoms with E-state index in [1.807, 2.05) is 0 Å². The zero-order valence-electron chi connectivity index (χ0n) is 9.32. The molecule has 1 rings (SSSR count). The van der Waals surface area contributed by atoms with Crippen molar-refractivity contribution in [2.24, 2.45) is 0 Å². The minimum atomic E-state index is -0.449. The van der Waals surface area contributed by atoms with Crippen LogP contribution in [-0.2, 0) is 14.4 Å². The van der Waals surface area contributed by atoms with Gasteiger partial charge in [0.05, 0.1) is 6.54 Å². The van der Waals surface area contributed by atoms with Gasteiger partial charge in [0, 0.05) is 20.0 Å². The normalized spacial score (nSPS) is 22.2. The number of piperazine rings is 1. The fraction of sp³-hybridized carbons (Fsp3) is 0.700. The maximum absolute atomic E-state index is 11.6. The number of likely N-dealkylation sites (N-methyl/N-ethyl adjacent to an activating group) is 1. The summed E-state index contributed by atoms with van der Waals surface area (Å²) in [5.41, 5.74) is 0. The van der Waals surface area contributed by atoms with E-state index in [0.717, 1.165) is 0 Å². The zero-order chi connectivity index (χ0) is 11.6. The Balaban J connectivity index is 2.66. The summed E-state index contributed by atoms with van der Waals surface area (Å²) in [5.74, 6) is -0.134. The van der Waals surface area contributed by atoms with Crippen LogP contribution in [0.1, 0.15) is 20.3 Å². The molecule has 1 fully saturated rings. The molecule has 0 radical (unpaired) electrons. The molecule has 0 aromatic carbocycles. The van der Waals surface area contributed by atoms with Crippen molar-refractivity contribution in [1.29, 1.82) is 0 Å². The molecule has 1 saturated heterocycles. The van der Waals surface area contributed by atoms with Gasteiger partial charge in [0.25, 0.3) is 0 Å². The highest BCUT2D eigenvalue weighted by atomic mass is 16.2. The van der Waals surface area contributed by atoms with Crippen molar-refractivity contribution in [3.05, 3.63) is 0 Å². The Morgan fingerprint density at radius 3 is 2.60 bits per heavy atom. The van der Waals surface area contributed by atoms with Crippen LogP contribution < -0.4 is 0 Å². The van der Waals surface area contributed by atoms with E-state index in [4.69, 9.17) is 0 Å². The van der Waals surface area contributed by atoms with Gasteiger partial charge in [0.15, 0.2) is 0 Å². The number of amides is 2. The molecule has 0 spiro atoms. The quantitative estimate of drug-likeness (QED) is 0.642. The third-order valence-corrected chi connectivity index (χ3v) is 2.60. The van der Waals surface area contributed by atoms with Crippen molar-refractivity contribution in [3.63, 3.8) is 0 Å². The first-order chi connectivity index (χ1) is 6.93. The number of ketones is 1. The van der Waals surface area contributed by atoms with Crippen LogP contribution in [0, 0.1) is 0 Å². The Kier molecular flexibility index (Phi) is 3.44. The van der Waals surface area contributed by atoms with Crippen molar-refractivity contribution in [3.8, 4) is 0 Å². The van der Waals surface area contributed by atoms with E-state index in [1.165, 1.54) is 16.7 Å². The van der Waals surface area contributed by atoms with Gasteiger partial charge in [-0.3, -0.25) is 14.4 Å². The molecule has 1 aliphatic rings. The van der Waals surface area contributed by atoms with Crippen LogP contribution in [0.5, 0.6) is 0 Å². The smallest absolute Gasteiger partial charge is 0.245 e. The lowest BCUT2D eigenvalue weighted by Crippen LogP contribution is -2.57. The van der Waals surface area contributed by atoms with Gasteiger partial charge in [0.1, 0.15) is 11.8 Å². The molecule has 84 valence electrons. The summed E-state index contributed by atoms with van der Waals surface area (Å²) in [6, 6.07) is -0.449. The molecule has 5 nitrogen and oxygen atoms in total. The molecule has 0 aromatic heterocycles. The van der Waals surface area contributed by atoms with Crippen molar-refractivity contribution in [1.82, 2.24) is 9.80 Å². The first-order valence-electron chi connectivity index (χ1n) is 4.97. The molecule has 5 heteroatoms. The molecule has 0 N–H and O–H groups in total. The molecule has 0 bridgehead atoms. The maximum Gasteiger partial charge on any atom is 0.245 e. The Morgan fingerprint density at radius 2 is 2.07 bits per heavy atom. The number of rotatable bonds is 3. The third-order valence-electron chi connectivity index (χ3n) is 2.60. The van der Waals surface area contributed by atoms with Gasteiger partial charge in [0.2, 0.25) is 11.8 Å².